The number of primary amides is 1. The lowest BCUT2D eigenvalue weighted by atomic mass is 9.95. The first kappa shape index (κ1) is 22.3. The summed E-state index contributed by atoms with van der Waals surface area (Å²) in [6.07, 6.45) is 3.43. The number of piperazine rings is 1. The van der Waals surface area contributed by atoms with Crippen molar-refractivity contribution in [2.75, 3.05) is 32.7 Å². The van der Waals surface area contributed by atoms with E-state index in [1.165, 1.54) is 10.9 Å². The fourth-order valence-electron chi connectivity index (χ4n) is 4.82. The highest BCUT2D eigenvalue weighted by atomic mass is 35.5. The monoisotopic (exact) mass is 472 g/mol. The molecule has 33 heavy (non-hydrogen) atoms. The first-order chi connectivity index (χ1) is 16.0. The third-order valence-electron chi connectivity index (χ3n) is 6.49. The van der Waals surface area contributed by atoms with Gasteiger partial charge in [0.15, 0.2) is 0 Å². The molecule has 2 aliphatic rings. The first-order valence-corrected chi connectivity index (χ1v) is 11.9. The highest BCUT2D eigenvalue weighted by Gasteiger charge is 2.33. The van der Waals surface area contributed by atoms with Crippen LogP contribution in [0.5, 0.6) is 0 Å². The number of aromatic nitrogens is 3. The summed E-state index contributed by atoms with van der Waals surface area (Å²) in [5, 5.41) is 5.44. The van der Waals surface area contributed by atoms with E-state index in [1.54, 1.807) is 0 Å². The van der Waals surface area contributed by atoms with Crippen molar-refractivity contribution in [3.8, 4) is 0 Å². The molecule has 2 aromatic heterocycles. The van der Waals surface area contributed by atoms with Gasteiger partial charge in [-0.1, -0.05) is 35.0 Å². The number of hydrogen-bond acceptors (Lipinski definition) is 7. The molecule has 3 aromatic rings. The second-order valence-electron chi connectivity index (χ2n) is 8.96. The number of halogens is 1. The topological polar surface area (TPSA) is 103 Å². The fraction of sp³-hybridized carbons (Fsp3) is 0.522. The lowest BCUT2D eigenvalue weighted by Gasteiger charge is -2.33. The first-order valence-electron chi connectivity index (χ1n) is 11.4. The number of nitrogens with zero attached hydrogens (tertiary/aromatic N) is 5. The molecule has 0 aliphatic carbocycles. The molecule has 10 heteroatoms. The molecule has 1 aromatic carbocycles. The van der Waals surface area contributed by atoms with Gasteiger partial charge in [-0.25, -0.2) is 0 Å². The molecule has 2 fully saturated rings. The lowest BCUT2D eigenvalue weighted by molar-refractivity contribution is -0.119. The van der Waals surface area contributed by atoms with Crippen molar-refractivity contribution in [1.82, 2.24) is 24.5 Å². The van der Waals surface area contributed by atoms with E-state index in [0.717, 1.165) is 45.6 Å². The summed E-state index contributed by atoms with van der Waals surface area (Å²) in [4.78, 5) is 20.0. The standard InChI is InChI=1S/C23H29ClN6O3/c24-20-12-16(13-30-6-5-17-3-1-2-4-18(17)30)11-19(32-20)23-26-22(33-27-23)15-29-9-7-28(8-10-29)14-21(25)31/h1-6,16,19-20H,7-15H2,(H2,25,31). The molecule has 3 atom stereocenters. The van der Waals surface area contributed by atoms with E-state index >= 15 is 0 Å². The van der Waals surface area contributed by atoms with Gasteiger partial charge in [0, 0.05) is 44.4 Å². The highest BCUT2D eigenvalue weighted by molar-refractivity contribution is 6.19. The minimum atomic E-state index is -0.379. The van der Waals surface area contributed by atoms with Crippen LogP contribution in [0.15, 0.2) is 41.1 Å². The summed E-state index contributed by atoms with van der Waals surface area (Å²) < 4.78 is 13.8. The fourth-order valence-corrected chi connectivity index (χ4v) is 5.20. The third-order valence-corrected chi connectivity index (χ3v) is 6.77. The highest BCUT2D eigenvalue weighted by Crippen LogP contribution is 2.36. The van der Waals surface area contributed by atoms with Crippen LogP contribution in [-0.4, -0.2) is 68.7 Å². The van der Waals surface area contributed by atoms with Crippen molar-refractivity contribution in [2.45, 2.75) is 37.6 Å². The van der Waals surface area contributed by atoms with E-state index in [9.17, 15) is 4.79 Å². The van der Waals surface area contributed by atoms with E-state index in [1.807, 2.05) is 0 Å². The van der Waals surface area contributed by atoms with Gasteiger partial charge in [-0.15, -0.1) is 0 Å². The minimum absolute atomic E-state index is 0.280. The lowest BCUT2D eigenvalue weighted by Crippen LogP contribution is -2.48. The average Bonchev–Trinajstić information content (AvgIpc) is 3.42. The molecule has 5 rings (SSSR count). The van der Waals surface area contributed by atoms with Crippen molar-refractivity contribution < 1.29 is 14.1 Å². The zero-order valence-corrected chi connectivity index (χ0v) is 19.2. The Labute approximate surface area is 197 Å². The molecule has 3 unspecified atom stereocenters. The second-order valence-corrected chi connectivity index (χ2v) is 9.45. The molecule has 2 saturated heterocycles. The van der Waals surface area contributed by atoms with Gasteiger partial charge < -0.3 is 19.6 Å². The van der Waals surface area contributed by atoms with Gasteiger partial charge in [0.25, 0.3) is 0 Å². The number of fused-ring (bicyclic) bond motifs is 1. The minimum Gasteiger partial charge on any atom is -0.369 e. The summed E-state index contributed by atoms with van der Waals surface area (Å²) in [6.45, 7) is 4.98. The molecular weight excluding hydrogens is 444 g/mol. The number of benzene rings is 1. The molecule has 0 bridgehead atoms. The number of para-hydroxylation sites is 1. The van der Waals surface area contributed by atoms with E-state index in [2.05, 4.69) is 61.0 Å². The maximum absolute atomic E-state index is 11.1. The molecule has 0 saturated carbocycles. The van der Waals surface area contributed by atoms with Crippen molar-refractivity contribution in [2.24, 2.45) is 11.7 Å². The number of rotatable bonds is 7. The van der Waals surface area contributed by atoms with Crippen molar-refractivity contribution in [3.63, 3.8) is 0 Å². The quantitative estimate of drug-likeness (QED) is 0.526. The van der Waals surface area contributed by atoms with Gasteiger partial charge in [0.1, 0.15) is 11.7 Å². The molecule has 0 radical (unpaired) electrons. The molecule has 2 N–H and O–H groups in total. The van der Waals surface area contributed by atoms with Gasteiger partial charge in [-0.3, -0.25) is 14.6 Å². The van der Waals surface area contributed by atoms with Crippen LogP contribution in [0, 0.1) is 5.92 Å². The van der Waals surface area contributed by atoms with Crippen molar-refractivity contribution in [3.05, 3.63) is 48.2 Å². The Morgan fingerprint density at radius 2 is 1.91 bits per heavy atom. The van der Waals surface area contributed by atoms with Crippen LogP contribution < -0.4 is 5.73 Å². The van der Waals surface area contributed by atoms with Gasteiger partial charge in [-0.05, 0) is 36.3 Å². The normalized spacial score (nSPS) is 24.9. The van der Waals surface area contributed by atoms with Crippen LogP contribution >= 0.6 is 11.6 Å². The molecule has 1 amide bonds. The molecule has 176 valence electrons. The number of alkyl halides is 1. The van der Waals surface area contributed by atoms with Crippen molar-refractivity contribution in [1.29, 1.82) is 0 Å². The maximum Gasteiger partial charge on any atom is 0.240 e. The average molecular weight is 473 g/mol. The predicted molar refractivity (Wildman–Crippen MR) is 123 cm³/mol. The van der Waals surface area contributed by atoms with Gasteiger partial charge in [0.05, 0.1) is 13.1 Å². The molecular formula is C23H29ClN6O3. The Kier molecular flexibility index (Phi) is 6.64. The number of carbonyl (C=O) groups excluding carboxylic acids is 1. The largest absolute Gasteiger partial charge is 0.369 e. The predicted octanol–water partition coefficient (Wildman–Crippen LogP) is 2.36. The number of amides is 1. The SMILES string of the molecule is NC(=O)CN1CCN(Cc2nc(C3CC(Cn4ccc5ccccc54)CC(Cl)O3)no2)CC1. The smallest absolute Gasteiger partial charge is 0.240 e. The molecule has 9 nitrogen and oxygen atoms in total. The Hall–Kier alpha value is -2.46. The Balaban J connectivity index is 1.19. The number of carbonyl (C=O) groups is 1. The number of nitrogens with two attached hydrogens (primary N) is 1. The Morgan fingerprint density at radius 1 is 1.12 bits per heavy atom. The van der Waals surface area contributed by atoms with E-state index in [0.29, 0.717) is 30.7 Å². The molecule has 0 spiro atoms. The van der Waals surface area contributed by atoms with Gasteiger partial charge in [0.2, 0.25) is 17.6 Å². The maximum atomic E-state index is 11.1. The van der Waals surface area contributed by atoms with Crippen molar-refractivity contribution >= 4 is 28.4 Å². The summed E-state index contributed by atoms with van der Waals surface area (Å²) in [6, 6.07) is 10.5. The summed E-state index contributed by atoms with van der Waals surface area (Å²) in [5.74, 6) is 1.19. The van der Waals surface area contributed by atoms with E-state index in [-0.39, 0.29) is 17.6 Å². The molecule has 2 aliphatic heterocycles. The zero-order valence-electron chi connectivity index (χ0n) is 18.5. The second kappa shape index (κ2) is 9.80. The summed E-state index contributed by atoms with van der Waals surface area (Å²) in [5.41, 5.74) is 6.13. The van der Waals surface area contributed by atoms with E-state index < -0.39 is 0 Å². The van der Waals surface area contributed by atoms with Crippen LogP contribution in [0.4, 0.5) is 0 Å². The van der Waals surface area contributed by atoms with Crippen LogP contribution in [0.3, 0.4) is 0 Å². The zero-order chi connectivity index (χ0) is 22.8. The third kappa shape index (κ3) is 5.38. The van der Waals surface area contributed by atoms with Crippen LogP contribution in [0.25, 0.3) is 10.9 Å². The Morgan fingerprint density at radius 3 is 2.73 bits per heavy atom. The van der Waals surface area contributed by atoms with Crippen LogP contribution in [-0.2, 0) is 22.6 Å². The Bertz CT molecular complexity index is 1090. The van der Waals surface area contributed by atoms with Crippen LogP contribution in [0.1, 0.15) is 30.7 Å². The summed E-state index contributed by atoms with van der Waals surface area (Å²) in [7, 11) is 0. The number of hydrogen-bond donors (Lipinski definition) is 1. The number of ether oxygens (including phenoxy) is 1. The van der Waals surface area contributed by atoms with Gasteiger partial charge in [-0.2, -0.15) is 4.98 Å². The molecule has 4 heterocycles. The van der Waals surface area contributed by atoms with E-state index in [4.69, 9.17) is 26.6 Å². The van der Waals surface area contributed by atoms with Crippen LogP contribution in [0.2, 0.25) is 0 Å². The summed E-state index contributed by atoms with van der Waals surface area (Å²) >= 11 is 6.46. The van der Waals surface area contributed by atoms with Gasteiger partial charge >= 0.3 is 0 Å².